The van der Waals surface area contributed by atoms with Gasteiger partial charge < -0.3 is 15.5 Å². The van der Waals surface area contributed by atoms with Gasteiger partial charge in [-0.2, -0.15) is 5.26 Å². The second-order valence-electron chi connectivity index (χ2n) is 3.97. The maximum Gasteiger partial charge on any atom is 0.179 e. The smallest absolute Gasteiger partial charge is 0.179 e. The maximum absolute atomic E-state index is 12.0. The van der Waals surface area contributed by atoms with Crippen LogP contribution in [0.3, 0.4) is 0 Å². The van der Waals surface area contributed by atoms with Crippen LogP contribution in [0.2, 0.25) is 0 Å². The van der Waals surface area contributed by atoms with Gasteiger partial charge in [-0.25, -0.2) is 8.42 Å². The Kier molecular flexibility index (Phi) is 5.92. The normalized spacial score (nSPS) is 11.5. The van der Waals surface area contributed by atoms with Crippen molar-refractivity contribution in [2.45, 2.75) is 10.9 Å². The van der Waals surface area contributed by atoms with Gasteiger partial charge in [0.15, 0.2) is 9.84 Å². The molecule has 0 radical (unpaired) electrons. The standard InChI is InChI=1S/C12H16N2O4S/c13-7-10-2-1-3-12(6-10)19(17,18)5-4-14-11(8-15)9-16/h1-3,6,11,14-16H,4-5,8-9H2. The average molecular weight is 284 g/mol. The van der Waals surface area contributed by atoms with E-state index in [9.17, 15) is 8.42 Å². The second kappa shape index (κ2) is 7.21. The fourth-order valence-electron chi connectivity index (χ4n) is 1.46. The van der Waals surface area contributed by atoms with Crippen LogP contribution in [0.25, 0.3) is 0 Å². The Bertz CT molecular complexity index is 547. The van der Waals surface area contributed by atoms with Gasteiger partial charge in [0, 0.05) is 6.54 Å². The average Bonchev–Trinajstić information content (AvgIpc) is 2.43. The minimum Gasteiger partial charge on any atom is -0.395 e. The lowest BCUT2D eigenvalue weighted by molar-refractivity contribution is 0.173. The zero-order valence-corrected chi connectivity index (χ0v) is 11.1. The van der Waals surface area contributed by atoms with Gasteiger partial charge in [-0.05, 0) is 18.2 Å². The van der Waals surface area contributed by atoms with E-state index in [-0.39, 0.29) is 36.0 Å². The zero-order valence-electron chi connectivity index (χ0n) is 10.3. The Morgan fingerprint density at radius 1 is 1.32 bits per heavy atom. The molecule has 3 N–H and O–H groups in total. The van der Waals surface area contributed by atoms with Crippen molar-refractivity contribution in [3.63, 3.8) is 0 Å². The van der Waals surface area contributed by atoms with E-state index in [0.717, 1.165) is 0 Å². The molecule has 1 rings (SSSR count). The Morgan fingerprint density at radius 3 is 2.58 bits per heavy atom. The highest BCUT2D eigenvalue weighted by atomic mass is 32.2. The van der Waals surface area contributed by atoms with Crippen LogP contribution in [-0.2, 0) is 9.84 Å². The van der Waals surface area contributed by atoms with Gasteiger partial charge in [0.2, 0.25) is 0 Å². The third kappa shape index (κ3) is 4.61. The third-order valence-electron chi connectivity index (χ3n) is 2.57. The number of aliphatic hydroxyl groups excluding tert-OH is 2. The minimum atomic E-state index is -3.48. The van der Waals surface area contributed by atoms with E-state index in [1.165, 1.54) is 24.3 Å². The summed E-state index contributed by atoms with van der Waals surface area (Å²) in [6.45, 7) is -0.411. The first kappa shape index (κ1) is 15.6. The summed E-state index contributed by atoms with van der Waals surface area (Å²) in [4.78, 5) is 0.0953. The summed E-state index contributed by atoms with van der Waals surface area (Å²) in [7, 11) is -3.48. The summed E-state index contributed by atoms with van der Waals surface area (Å²) >= 11 is 0. The van der Waals surface area contributed by atoms with Crippen LogP contribution in [-0.4, -0.2) is 50.2 Å². The lowest BCUT2D eigenvalue weighted by atomic mass is 10.2. The van der Waals surface area contributed by atoms with E-state index in [1.54, 1.807) is 0 Å². The summed E-state index contributed by atoms with van der Waals surface area (Å²) in [6, 6.07) is 7.17. The van der Waals surface area contributed by atoms with Crippen LogP contribution in [0.5, 0.6) is 0 Å². The quantitative estimate of drug-likeness (QED) is 0.609. The Labute approximate surface area is 112 Å². The maximum atomic E-state index is 12.0. The van der Waals surface area contributed by atoms with Crippen LogP contribution >= 0.6 is 0 Å². The van der Waals surface area contributed by atoms with Crippen molar-refractivity contribution in [3.8, 4) is 6.07 Å². The van der Waals surface area contributed by atoms with E-state index >= 15 is 0 Å². The lowest BCUT2D eigenvalue weighted by Crippen LogP contribution is -2.38. The van der Waals surface area contributed by atoms with E-state index in [4.69, 9.17) is 15.5 Å². The number of aliphatic hydroxyl groups is 2. The number of hydrogen-bond acceptors (Lipinski definition) is 6. The molecule has 0 amide bonds. The largest absolute Gasteiger partial charge is 0.395 e. The molecule has 0 atom stereocenters. The number of nitrogens with one attached hydrogen (secondary N) is 1. The lowest BCUT2D eigenvalue weighted by Gasteiger charge is -2.13. The Balaban J connectivity index is 2.68. The van der Waals surface area contributed by atoms with Crippen molar-refractivity contribution >= 4 is 9.84 Å². The molecule has 0 fully saturated rings. The number of sulfone groups is 1. The van der Waals surface area contributed by atoms with Gasteiger partial charge >= 0.3 is 0 Å². The number of hydrogen-bond donors (Lipinski definition) is 3. The van der Waals surface area contributed by atoms with Crippen LogP contribution < -0.4 is 5.32 Å². The minimum absolute atomic E-state index is 0.0953. The van der Waals surface area contributed by atoms with Crippen LogP contribution in [0, 0.1) is 11.3 Å². The predicted molar refractivity (Wildman–Crippen MR) is 69.2 cm³/mol. The van der Waals surface area contributed by atoms with E-state index in [0.29, 0.717) is 0 Å². The fourth-order valence-corrected chi connectivity index (χ4v) is 2.68. The van der Waals surface area contributed by atoms with E-state index in [1.807, 2.05) is 6.07 Å². The summed E-state index contributed by atoms with van der Waals surface area (Å²) in [5.41, 5.74) is 0.289. The SMILES string of the molecule is N#Cc1cccc(S(=O)(=O)CCNC(CO)CO)c1. The molecule has 0 heterocycles. The number of nitrogens with zero attached hydrogens (tertiary/aromatic N) is 1. The number of benzene rings is 1. The third-order valence-corrected chi connectivity index (χ3v) is 4.28. The fraction of sp³-hybridized carbons (Fsp3) is 0.417. The molecule has 1 aromatic carbocycles. The van der Waals surface area contributed by atoms with Gasteiger partial charge in [-0.15, -0.1) is 0 Å². The van der Waals surface area contributed by atoms with Crippen LogP contribution in [0.1, 0.15) is 5.56 Å². The molecule has 104 valence electrons. The van der Waals surface area contributed by atoms with Crippen molar-refractivity contribution < 1.29 is 18.6 Å². The van der Waals surface area contributed by atoms with Crippen molar-refractivity contribution in [3.05, 3.63) is 29.8 Å². The molecule has 0 aromatic heterocycles. The van der Waals surface area contributed by atoms with Gasteiger partial charge in [-0.1, -0.05) is 6.07 Å². The van der Waals surface area contributed by atoms with E-state index in [2.05, 4.69) is 5.32 Å². The van der Waals surface area contributed by atoms with Gasteiger partial charge in [0.25, 0.3) is 0 Å². The highest BCUT2D eigenvalue weighted by Gasteiger charge is 2.15. The van der Waals surface area contributed by atoms with Crippen molar-refractivity contribution in [1.29, 1.82) is 5.26 Å². The van der Waals surface area contributed by atoms with Crippen molar-refractivity contribution in [2.75, 3.05) is 25.5 Å². The molecule has 0 aliphatic heterocycles. The molecule has 7 heteroatoms. The van der Waals surface area contributed by atoms with E-state index < -0.39 is 15.9 Å². The molecule has 1 aromatic rings. The molecule has 0 spiro atoms. The first-order valence-electron chi connectivity index (χ1n) is 5.71. The molecule has 0 aliphatic rings. The summed E-state index contributed by atoms with van der Waals surface area (Å²) in [6.07, 6.45) is 0. The summed E-state index contributed by atoms with van der Waals surface area (Å²) in [5.74, 6) is -0.168. The van der Waals surface area contributed by atoms with Crippen LogP contribution in [0.15, 0.2) is 29.2 Å². The molecule has 0 unspecified atom stereocenters. The monoisotopic (exact) mass is 284 g/mol. The van der Waals surface area contributed by atoms with Crippen molar-refractivity contribution in [1.82, 2.24) is 5.32 Å². The second-order valence-corrected chi connectivity index (χ2v) is 6.08. The first-order valence-corrected chi connectivity index (χ1v) is 7.36. The highest BCUT2D eigenvalue weighted by Crippen LogP contribution is 2.12. The first-order chi connectivity index (χ1) is 9.03. The van der Waals surface area contributed by atoms with Crippen LogP contribution in [0.4, 0.5) is 0 Å². The molecule has 0 saturated carbocycles. The highest BCUT2D eigenvalue weighted by molar-refractivity contribution is 7.91. The molecule has 19 heavy (non-hydrogen) atoms. The Morgan fingerprint density at radius 2 is 2.00 bits per heavy atom. The zero-order chi connectivity index (χ0) is 14.3. The molecule has 0 bridgehead atoms. The van der Waals surface area contributed by atoms with Gasteiger partial charge in [-0.3, -0.25) is 0 Å². The van der Waals surface area contributed by atoms with Gasteiger partial charge in [0.05, 0.1) is 41.5 Å². The Hall–Kier alpha value is -1.46. The molecular weight excluding hydrogens is 268 g/mol. The summed E-state index contributed by atoms with van der Waals surface area (Å²) < 4.78 is 24.0. The van der Waals surface area contributed by atoms with Crippen molar-refractivity contribution in [2.24, 2.45) is 0 Å². The number of rotatable bonds is 7. The molecular formula is C12H16N2O4S. The summed E-state index contributed by atoms with van der Waals surface area (Å²) in [5, 5.41) is 29.1. The molecule has 0 saturated heterocycles. The molecule has 6 nitrogen and oxygen atoms in total. The number of nitriles is 1. The molecule has 0 aliphatic carbocycles. The predicted octanol–water partition coefficient (Wildman–Crippen LogP) is -0.725. The topological polar surface area (TPSA) is 110 Å². The van der Waals surface area contributed by atoms with Gasteiger partial charge in [0.1, 0.15) is 0 Å².